The molecule has 0 spiro atoms. The minimum Gasteiger partial charge on any atom is -0.444 e. The van der Waals surface area contributed by atoms with Gasteiger partial charge in [0.1, 0.15) is 6.26 Å². The summed E-state index contributed by atoms with van der Waals surface area (Å²) in [6, 6.07) is 11.4. The molecule has 1 aliphatic rings. The van der Waals surface area contributed by atoms with Gasteiger partial charge in [-0.2, -0.15) is 0 Å². The van der Waals surface area contributed by atoms with Crippen LogP contribution in [0.25, 0.3) is 28.2 Å². The van der Waals surface area contributed by atoms with Crippen LogP contribution in [0.2, 0.25) is 5.02 Å². The Balaban J connectivity index is 1.20. The highest BCUT2D eigenvalue weighted by atomic mass is 35.5. The molecule has 0 atom stereocenters. The van der Waals surface area contributed by atoms with Crippen molar-refractivity contribution < 1.29 is 9.21 Å². The Kier molecular flexibility index (Phi) is 6.74. The summed E-state index contributed by atoms with van der Waals surface area (Å²) in [6.07, 6.45) is 11.5. The molecule has 5 aromatic rings. The lowest BCUT2D eigenvalue weighted by Gasteiger charge is -2.29. The van der Waals surface area contributed by atoms with Gasteiger partial charge in [0.25, 0.3) is 5.91 Å². The standard InChI is InChI=1S/C29H27ClN6O3/c1-18-24(13-21(30)15-33-18)27(37)34-22-8-6-19(7-9-22)17-35-25-4-2-3-5-26(25)36(29(35)38)23-12-20(14-31-16-23)28-32-10-11-39-28/h2-5,10-16,19,22H,6-9,17H2,1H3,(H,34,37)/t19-,22-. The lowest BCUT2D eigenvalue weighted by Crippen LogP contribution is -2.39. The molecule has 4 heterocycles. The zero-order valence-corrected chi connectivity index (χ0v) is 22.1. The number of nitrogens with zero attached hydrogens (tertiary/aromatic N) is 5. The molecular weight excluding hydrogens is 516 g/mol. The van der Waals surface area contributed by atoms with Crippen molar-refractivity contribution >= 4 is 28.5 Å². The molecule has 1 amide bonds. The number of aryl methyl sites for hydroxylation is 1. The van der Waals surface area contributed by atoms with Gasteiger partial charge in [0.05, 0.1) is 51.0 Å². The van der Waals surface area contributed by atoms with E-state index in [2.05, 4.69) is 20.3 Å². The Labute approximate surface area is 229 Å². The Morgan fingerprint density at radius 2 is 1.87 bits per heavy atom. The maximum Gasteiger partial charge on any atom is 0.333 e. The van der Waals surface area contributed by atoms with Gasteiger partial charge in [-0.05, 0) is 62.8 Å². The number of benzene rings is 1. The fraction of sp³-hybridized carbons (Fsp3) is 0.276. The summed E-state index contributed by atoms with van der Waals surface area (Å²) in [5.74, 6) is 0.624. The van der Waals surface area contributed by atoms with E-state index < -0.39 is 0 Å². The molecule has 1 aromatic carbocycles. The Bertz CT molecular complexity index is 1700. The number of fused-ring (bicyclic) bond motifs is 1. The monoisotopic (exact) mass is 542 g/mol. The summed E-state index contributed by atoms with van der Waals surface area (Å²) < 4.78 is 8.98. The number of pyridine rings is 2. The number of aromatic nitrogens is 5. The van der Waals surface area contributed by atoms with Crippen LogP contribution in [-0.4, -0.2) is 36.0 Å². The summed E-state index contributed by atoms with van der Waals surface area (Å²) in [4.78, 5) is 39.3. The smallest absolute Gasteiger partial charge is 0.333 e. The van der Waals surface area contributed by atoms with Gasteiger partial charge in [0.15, 0.2) is 0 Å². The molecule has 39 heavy (non-hydrogen) atoms. The zero-order chi connectivity index (χ0) is 26.9. The summed E-state index contributed by atoms with van der Waals surface area (Å²) >= 11 is 6.04. The highest BCUT2D eigenvalue weighted by Gasteiger charge is 2.26. The van der Waals surface area contributed by atoms with Crippen molar-refractivity contribution in [2.75, 3.05) is 0 Å². The number of para-hydroxylation sites is 2. The minimum absolute atomic E-state index is 0.0780. The molecule has 198 valence electrons. The third kappa shape index (κ3) is 4.97. The zero-order valence-electron chi connectivity index (χ0n) is 21.4. The van der Waals surface area contributed by atoms with E-state index in [1.807, 2.05) is 34.9 Å². The number of carbonyl (C=O) groups is 1. The van der Waals surface area contributed by atoms with Crippen LogP contribution in [0.1, 0.15) is 41.7 Å². The largest absolute Gasteiger partial charge is 0.444 e. The average Bonchev–Trinajstić information content (AvgIpc) is 3.58. The fourth-order valence-corrected chi connectivity index (χ4v) is 5.57. The van der Waals surface area contributed by atoms with Crippen LogP contribution in [-0.2, 0) is 6.54 Å². The third-order valence-electron chi connectivity index (χ3n) is 7.42. The van der Waals surface area contributed by atoms with Crippen molar-refractivity contribution in [1.82, 2.24) is 29.4 Å². The second-order valence-electron chi connectivity index (χ2n) is 9.96. The molecule has 0 bridgehead atoms. The number of nitrogens with one attached hydrogen (secondary N) is 1. The predicted molar refractivity (Wildman–Crippen MR) is 148 cm³/mol. The van der Waals surface area contributed by atoms with Gasteiger partial charge in [0.2, 0.25) is 5.89 Å². The molecule has 10 heteroatoms. The lowest BCUT2D eigenvalue weighted by atomic mass is 9.85. The molecule has 0 radical (unpaired) electrons. The van der Waals surface area contributed by atoms with Gasteiger partial charge in [-0.25, -0.2) is 9.78 Å². The van der Waals surface area contributed by atoms with Crippen molar-refractivity contribution in [2.45, 2.75) is 45.2 Å². The summed E-state index contributed by atoms with van der Waals surface area (Å²) in [7, 11) is 0. The van der Waals surface area contributed by atoms with E-state index in [9.17, 15) is 9.59 Å². The van der Waals surface area contributed by atoms with Crippen LogP contribution in [0, 0.1) is 12.8 Å². The second-order valence-corrected chi connectivity index (χ2v) is 10.4. The number of halogens is 1. The first kappa shape index (κ1) is 25.1. The van der Waals surface area contributed by atoms with Crippen molar-refractivity contribution in [2.24, 2.45) is 5.92 Å². The summed E-state index contributed by atoms with van der Waals surface area (Å²) in [5.41, 5.74) is 4.10. The number of carbonyl (C=O) groups excluding carboxylic acids is 1. The molecule has 1 saturated carbocycles. The van der Waals surface area contributed by atoms with E-state index in [0.29, 0.717) is 45.9 Å². The minimum atomic E-state index is -0.147. The SMILES string of the molecule is Cc1ncc(Cl)cc1C(=O)N[C@H]1CC[C@H](Cn2c(=O)n(-c3cncc(-c4ncco4)c3)c3ccccc32)CC1. The van der Waals surface area contributed by atoms with E-state index in [-0.39, 0.29) is 17.6 Å². The molecule has 4 aromatic heterocycles. The van der Waals surface area contributed by atoms with Crippen LogP contribution >= 0.6 is 11.6 Å². The van der Waals surface area contributed by atoms with Gasteiger partial charge in [0, 0.05) is 25.0 Å². The van der Waals surface area contributed by atoms with E-state index >= 15 is 0 Å². The van der Waals surface area contributed by atoms with E-state index in [1.54, 1.807) is 42.3 Å². The van der Waals surface area contributed by atoms with E-state index in [1.165, 1.54) is 6.26 Å². The van der Waals surface area contributed by atoms with Gasteiger partial charge >= 0.3 is 5.69 Å². The molecule has 6 rings (SSSR count). The topological polar surface area (TPSA) is 108 Å². The van der Waals surface area contributed by atoms with Gasteiger partial charge in [-0.3, -0.25) is 23.9 Å². The molecule has 0 unspecified atom stereocenters. The number of amides is 1. The Morgan fingerprint density at radius 3 is 2.64 bits per heavy atom. The number of imidazole rings is 1. The highest BCUT2D eigenvalue weighted by molar-refractivity contribution is 6.30. The van der Waals surface area contributed by atoms with Gasteiger partial charge in [-0.15, -0.1) is 0 Å². The van der Waals surface area contributed by atoms with Crippen LogP contribution in [0.5, 0.6) is 0 Å². The van der Waals surface area contributed by atoms with Gasteiger partial charge in [-0.1, -0.05) is 23.7 Å². The third-order valence-corrected chi connectivity index (χ3v) is 7.62. The first-order valence-electron chi connectivity index (χ1n) is 13.0. The van der Waals surface area contributed by atoms with Crippen LogP contribution in [0.3, 0.4) is 0 Å². The molecule has 1 aliphatic carbocycles. The molecule has 0 aliphatic heterocycles. The normalized spacial score (nSPS) is 17.4. The molecule has 1 fully saturated rings. The average molecular weight is 543 g/mol. The number of hydrogen-bond acceptors (Lipinski definition) is 6. The quantitative estimate of drug-likeness (QED) is 0.316. The van der Waals surface area contributed by atoms with Gasteiger partial charge < -0.3 is 9.73 Å². The van der Waals surface area contributed by atoms with Crippen molar-refractivity contribution in [3.8, 4) is 17.1 Å². The first-order valence-corrected chi connectivity index (χ1v) is 13.3. The van der Waals surface area contributed by atoms with Crippen LogP contribution < -0.4 is 11.0 Å². The van der Waals surface area contributed by atoms with Crippen molar-refractivity contribution in [3.63, 3.8) is 0 Å². The van der Waals surface area contributed by atoms with Crippen LogP contribution in [0.15, 0.2) is 76.7 Å². The number of hydrogen-bond donors (Lipinski definition) is 1. The van der Waals surface area contributed by atoms with E-state index in [4.69, 9.17) is 16.0 Å². The van der Waals surface area contributed by atoms with Crippen LogP contribution in [0.4, 0.5) is 0 Å². The predicted octanol–water partition coefficient (Wildman–Crippen LogP) is 5.19. The molecule has 1 N–H and O–H groups in total. The Morgan fingerprint density at radius 1 is 1.08 bits per heavy atom. The summed E-state index contributed by atoms with van der Waals surface area (Å²) in [6.45, 7) is 2.41. The van der Waals surface area contributed by atoms with Crippen molar-refractivity contribution in [3.05, 3.63) is 94.2 Å². The number of oxazole rings is 1. The maximum atomic E-state index is 13.8. The molecular formula is C29H27ClN6O3. The van der Waals surface area contributed by atoms with Crippen molar-refractivity contribution in [1.29, 1.82) is 0 Å². The molecule has 0 saturated heterocycles. The first-order chi connectivity index (χ1) is 19.0. The van der Waals surface area contributed by atoms with E-state index in [0.717, 1.165) is 36.7 Å². The Hall–Kier alpha value is -4.24. The maximum absolute atomic E-state index is 13.8. The second kappa shape index (κ2) is 10.5. The summed E-state index contributed by atoms with van der Waals surface area (Å²) in [5, 5.41) is 3.58. The lowest BCUT2D eigenvalue weighted by molar-refractivity contribution is 0.0919. The molecule has 9 nitrogen and oxygen atoms in total. The number of rotatable bonds is 6. The highest BCUT2D eigenvalue weighted by Crippen LogP contribution is 2.28. The fourth-order valence-electron chi connectivity index (χ4n) is 5.42.